The van der Waals surface area contributed by atoms with Crippen molar-refractivity contribution in [3.63, 3.8) is 0 Å². The summed E-state index contributed by atoms with van der Waals surface area (Å²) in [5.74, 6) is 1.61. The van der Waals surface area contributed by atoms with Crippen molar-refractivity contribution in [1.82, 2.24) is 20.1 Å². The third-order valence-corrected chi connectivity index (χ3v) is 3.69. The highest BCUT2D eigenvalue weighted by molar-refractivity contribution is 5.25. The Kier molecular flexibility index (Phi) is 5.09. The number of rotatable bonds is 7. The van der Waals surface area contributed by atoms with Gasteiger partial charge in [0.2, 0.25) is 0 Å². The maximum atomic E-state index is 10.1. The van der Waals surface area contributed by atoms with Gasteiger partial charge in [-0.3, -0.25) is 0 Å². The average Bonchev–Trinajstić information content (AvgIpc) is 2.82. The number of nitrogens with zero attached hydrogens (tertiary/aromatic N) is 3. The Morgan fingerprint density at radius 2 is 1.95 bits per heavy atom. The van der Waals surface area contributed by atoms with Crippen LogP contribution in [0.25, 0.3) is 0 Å². The number of hydrogen-bond donors (Lipinski definition) is 2. The minimum absolute atomic E-state index is 0.00929. The molecule has 0 aliphatic heterocycles. The van der Waals surface area contributed by atoms with Gasteiger partial charge in [-0.15, -0.1) is 0 Å². The zero-order valence-corrected chi connectivity index (χ0v) is 13.0. The van der Waals surface area contributed by atoms with Crippen LogP contribution in [0.3, 0.4) is 0 Å². The lowest BCUT2D eigenvalue weighted by Gasteiger charge is -2.34. The Hall–Kier alpha value is -1.72. The van der Waals surface area contributed by atoms with Gasteiger partial charge < -0.3 is 10.4 Å². The Balaban J connectivity index is 2.37. The molecule has 1 atom stereocenters. The van der Waals surface area contributed by atoms with E-state index in [1.807, 2.05) is 48.9 Å². The summed E-state index contributed by atoms with van der Waals surface area (Å²) in [6, 6.07) is 10.0. The van der Waals surface area contributed by atoms with E-state index in [1.54, 1.807) is 0 Å². The smallest absolute Gasteiger partial charge is 0.147 e. The summed E-state index contributed by atoms with van der Waals surface area (Å²) in [5.41, 5.74) is 0.524. The number of benzene rings is 1. The topological polar surface area (TPSA) is 63.0 Å². The van der Waals surface area contributed by atoms with Crippen LogP contribution in [0.5, 0.6) is 0 Å². The molecule has 5 nitrogen and oxygen atoms in total. The van der Waals surface area contributed by atoms with E-state index in [4.69, 9.17) is 0 Å². The standard InChI is InChI=1S/C16H24N4O/c1-4-10-17-16(12-21,15-8-6-5-7-9-15)11-20-14(3)18-13(2)19-20/h5-9,17,21H,4,10-12H2,1-3H3. The SMILES string of the molecule is CCCNC(CO)(Cn1nc(C)nc1C)c1ccccc1. The van der Waals surface area contributed by atoms with Gasteiger partial charge in [0.1, 0.15) is 11.6 Å². The van der Waals surface area contributed by atoms with Crippen LogP contribution in [0.4, 0.5) is 0 Å². The van der Waals surface area contributed by atoms with E-state index in [-0.39, 0.29) is 6.61 Å². The predicted molar refractivity (Wildman–Crippen MR) is 83.0 cm³/mol. The van der Waals surface area contributed by atoms with Crippen molar-refractivity contribution < 1.29 is 5.11 Å². The molecule has 5 heteroatoms. The summed E-state index contributed by atoms with van der Waals surface area (Å²) < 4.78 is 1.86. The van der Waals surface area contributed by atoms with Crippen molar-refractivity contribution in [2.24, 2.45) is 0 Å². The van der Waals surface area contributed by atoms with E-state index < -0.39 is 5.54 Å². The number of nitrogens with one attached hydrogen (secondary N) is 1. The van der Waals surface area contributed by atoms with E-state index in [1.165, 1.54) is 0 Å². The van der Waals surface area contributed by atoms with Crippen molar-refractivity contribution in [2.45, 2.75) is 39.3 Å². The van der Waals surface area contributed by atoms with Gasteiger partial charge in [-0.2, -0.15) is 5.10 Å². The summed E-state index contributed by atoms with van der Waals surface area (Å²) >= 11 is 0. The molecule has 1 unspecified atom stereocenters. The highest BCUT2D eigenvalue weighted by Gasteiger charge is 2.32. The number of aromatic nitrogens is 3. The Labute approximate surface area is 126 Å². The normalized spacial score (nSPS) is 14.1. The first-order chi connectivity index (χ1) is 10.1. The molecule has 0 aliphatic rings. The predicted octanol–water partition coefficient (Wildman–Crippen LogP) is 1.78. The van der Waals surface area contributed by atoms with Gasteiger partial charge in [0, 0.05) is 0 Å². The molecule has 2 aromatic rings. The molecule has 0 aliphatic carbocycles. The molecule has 0 fully saturated rings. The lowest BCUT2D eigenvalue weighted by Crippen LogP contribution is -2.49. The first kappa shape index (κ1) is 15.7. The van der Waals surface area contributed by atoms with Crippen molar-refractivity contribution in [3.8, 4) is 0 Å². The molecule has 0 spiro atoms. The lowest BCUT2D eigenvalue weighted by molar-refractivity contribution is 0.137. The molecule has 2 N–H and O–H groups in total. The Bertz CT molecular complexity index is 567. The molecule has 0 saturated carbocycles. The highest BCUT2D eigenvalue weighted by Crippen LogP contribution is 2.23. The van der Waals surface area contributed by atoms with Gasteiger partial charge in [0.25, 0.3) is 0 Å². The first-order valence-corrected chi connectivity index (χ1v) is 7.41. The van der Waals surface area contributed by atoms with E-state index in [9.17, 15) is 5.11 Å². The third-order valence-electron chi connectivity index (χ3n) is 3.69. The Morgan fingerprint density at radius 3 is 2.48 bits per heavy atom. The largest absolute Gasteiger partial charge is 0.394 e. The van der Waals surface area contributed by atoms with Gasteiger partial charge in [0.15, 0.2) is 0 Å². The van der Waals surface area contributed by atoms with Crippen molar-refractivity contribution in [1.29, 1.82) is 0 Å². The first-order valence-electron chi connectivity index (χ1n) is 7.41. The van der Waals surface area contributed by atoms with E-state index in [2.05, 4.69) is 22.3 Å². The van der Waals surface area contributed by atoms with Crippen molar-refractivity contribution >= 4 is 0 Å². The van der Waals surface area contributed by atoms with Crippen LogP contribution in [0.2, 0.25) is 0 Å². The van der Waals surface area contributed by atoms with E-state index in [0.29, 0.717) is 6.54 Å². The van der Waals surface area contributed by atoms with E-state index in [0.717, 1.165) is 30.2 Å². The Morgan fingerprint density at radius 1 is 1.24 bits per heavy atom. The zero-order chi connectivity index (χ0) is 15.3. The summed E-state index contributed by atoms with van der Waals surface area (Å²) in [7, 11) is 0. The molecule has 2 rings (SSSR count). The monoisotopic (exact) mass is 288 g/mol. The third kappa shape index (κ3) is 3.49. The van der Waals surface area contributed by atoms with Crippen LogP contribution in [0.15, 0.2) is 30.3 Å². The second-order valence-electron chi connectivity index (χ2n) is 5.40. The van der Waals surface area contributed by atoms with Crippen LogP contribution >= 0.6 is 0 Å². The second kappa shape index (κ2) is 6.83. The minimum Gasteiger partial charge on any atom is -0.394 e. The molecular formula is C16H24N4O. The molecule has 0 radical (unpaired) electrons. The average molecular weight is 288 g/mol. The highest BCUT2D eigenvalue weighted by atomic mass is 16.3. The maximum Gasteiger partial charge on any atom is 0.147 e. The molecule has 0 amide bonds. The molecule has 21 heavy (non-hydrogen) atoms. The van der Waals surface area contributed by atoms with Crippen LogP contribution in [0.1, 0.15) is 30.6 Å². The lowest BCUT2D eigenvalue weighted by atomic mass is 9.90. The number of aliphatic hydroxyl groups excluding tert-OH is 1. The van der Waals surface area contributed by atoms with E-state index >= 15 is 0 Å². The van der Waals surface area contributed by atoms with Gasteiger partial charge >= 0.3 is 0 Å². The quantitative estimate of drug-likeness (QED) is 0.815. The van der Waals surface area contributed by atoms with Crippen LogP contribution in [0, 0.1) is 13.8 Å². The van der Waals surface area contributed by atoms with Gasteiger partial charge in [-0.1, -0.05) is 37.3 Å². The van der Waals surface area contributed by atoms with Gasteiger partial charge in [0.05, 0.1) is 18.7 Å². The zero-order valence-electron chi connectivity index (χ0n) is 13.0. The number of hydrogen-bond acceptors (Lipinski definition) is 4. The molecule has 0 saturated heterocycles. The van der Waals surface area contributed by atoms with Crippen LogP contribution in [-0.2, 0) is 12.1 Å². The number of aryl methyl sites for hydroxylation is 2. The summed E-state index contributed by atoms with van der Waals surface area (Å²) in [5, 5.41) is 18.0. The summed E-state index contributed by atoms with van der Waals surface area (Å²) in [6.45, 7) is 7.34. The summed E-state index contributed by atoms with van der Waals surface area (Å²) in [6.07, 6.45) is 1.00. The summed E-state index contributed by atoms with van der Waals surface area (Å²) in [4.78, 5) is 4.35. The van der Waals surface area contributed by atoms with Crippen LogP contribution in [-0.4, -0.2) is 33.0 Å². The second-order valence-corrected chi connectivity index (χ2v) is 5.40. The fraction of sp³-hybridized carbons (Fsp3) is 0.500. The fourth-order valence-electron chi connectivity index (χ4n) is 2.53. The minimum atomic E-state index is -0.540. The van der Waals surface area contributed by atoms with Crippen LogP contribution < -0.4 is 5.32 Å². The van der Waals surface area contributed by atoms with Crippen molar-refractivity contribution in [3.05, 3.63) is 47.5 Å². The van der Waals surface area contributed by atoms with Gasteiger partial charge in [-0.05, 0) is 32.4 Å². The fourth-order valence-corrected chi connectivity index (χ4v) is 2.53. The molecule has 1 heterocycles. The molecule has 0 bridgehead atoms. The number of aliphatic hydroxyl groups is 1. The van der Waals surface area contributed by atoms with Crippen molar-refractivity contribution in [2.75, 3.05) is 13.2 Å². The van der Waals surface area contributed by atoms with Gasteiger partial charge in [-0.25, -0.2) is 9.67 Å². The molecule has 1 aromatic carbocycles. The maximum absolute atomic E-state index is 10.1. The molecular weight excluding hydrogens is 264 g/mol. The molecule has 114 valence electrons. The molecule has 1 aromatic heterocycles.